The van der Waals surface area contributed by atoms with Crippen LogP contribution < -0.4 is 10.2 Å². The van der Waals surface area contributed by atoms with Crippen LogP contribution in [0.2, 0.25) is 0 Å². The molecular formula is C16H25IN4O. The van der Waals surface area contributed by atoms with E-state index in [0.29, 0.717) is 0 Å². The van der Waals surface area contributed by atoms with Gasteiger partial charge < -0.3 is 15.0 Å². The largest absolute Gasteiger partial charge is 0.379 e. The fourth-order valence-corrected chi connectivity index (χ4v) is 3.00. The number of morpholine rings is 1. The van der Waals surface area contributed by atoms with Crippen molar-refractivity contribution in [2.24, 2.45) is 4.99 Å². The predicted octanol–water partition coefficient (Wildman–Crippen LogP) is 1.57. The van der Waals surface area contributed by atoms with E-state index in [1.807, 2.05) is 7.05 Å². The van der Waals surface area contributed by atoms with Crippen LogP contribution in [-0.2, 0) is 11.2 Å². The van der Waals surface area contributed by atoms with Crippen molar-refractivity contribution in [1.29, 1.82) is 0 Å². The van der Waals surface area contributed by atoms with Crippen molar-refractivity contribution in [3.63, 3.8) is 0 Å². The highest BCUT2D eigenvalue weighted by molar-refractivity contribution is 14.0. The van der Waals surface area contributed by atoms with E-state index in [1.54, 1.807) is 0 Å². The lowest BCUT2D eigenvalue weighted by Gasteiger charge is -2.28. The standard InChI is InChI=1S/C16H24N4O.HI/c1-17-16(18-7-9-19-10-12-21-13-11-19)20-8-6-14-4-2-3-5-15(14)20;/h2-5H,6-13H2,1H3,(H,17,18);1H. The summed E-state index contributed by atoms with van der Waals surface area (Å²) in [4.78, 5) is 9.16. The summed E-state index contributed by atoms with van der Waals surface area (Å²) in [5.74, 6) is 0.980. The second-order valence-corrected chi connectivity index (χ2v) is 5.46. The molecule has 0 aromatic heterocycles. The monoisotopic (exact) mass is 416 g/mol. The van der Waals surface area contributed by atoms with Gasteiger partial charge in [0.05, 0.1) is 13.2 Å². The lowest BCUT2D eigenvalue weighted by atomic mass is 10.2. The van der Waals surface area contributed by atoms with Crippen molar-refractivity contribution >= 4 is 35.6 Å². The lowest BCUT2D eigenvalue weighted by molar-refractivity contribution is 0.0389. The Hall–Kier alpha value is -0.860. The Bertz CT molecular complexity index is 503. The zero-order chi connectivity index (χ0) is 14.5. The van der Waals surface area contributed by atoms with Gasteiger partial charge in [0.15, 0.2) is 5.96 Å². The van der Waals surface area contributed by atoms with Crippen molar-refractivity contribution in [3.05, 3.63) is 29.8 Å². The number of nitrogens with zero attached hydrogens (tertiary/aromatic N) is 3. The SMILES string of the molecule is CN=C(NCCN1CCOCC1)N1CCc2ccccc21.I. The zero-order valence-corrected chi connectivity index (χ0v) is 15.5. The number of benzene rings is 1. The van der Waals surface area contributed by atoms with Crippen LogP contribution in [0.25, 0.3) is 0 Å². The molecule has 122 valence electrons. The van der Waals surface area contributed by atoms with E-state index in [2.05, 4.69) is 44.4 Å². The lowest BCUT2D eigenvalue weighted by Crippen LogP contribution is -2.45. The Morgan fingerprint density at radius 3 is 2.77 bits per heavy atom. The molecule has 0 unspecified atom stereocenters. The minimum Gasteiger partial charge on any atom is -0.379 e. The zero-order valence-electron chi connectivity index (χ0n) is 13.1. The molecule has 1 aromatic carbocycles. The Balaban J connectivity index is 0.00000176. The third-order valence-corrected chi connectivity index (χ3v) is 4.17. The number of hydrogen-bond acceptors (Lipinski definition) is 3. The van der Waals surface area contributed by atoms with E-state index in [4.69, 9.17) is 4.74 Å². The number of nitrogens with one attached hydrogen (secondary N) is 1. The number of halogens is 1. The molecule has 1 aromatic rings. The van der Waals surface area contributed by atoms with Crippen LogP contribution in [0.1, 0.15) is 5.56 Å². The molecule has 1 fully saturated rings. The van der Waals surface area contributed by atoms with Crippen molar-refractivity contribution in [2.45, 2.75) is 6.42 Å². The molecule has 2 aliphatic rings. The minimum absolute atomic E-state index is 0. The quantitative estimate of drug-likeness (QED) is 0.462. The topological polar surface area (TPSA) is 40.1 Å². The van der Waals surface area contributed by atoms with E-state index in [9.17, 15) is 0 Å². The molecule has 2 heterocycles. The van der Waals surface area contributed by atoms with Gasteiger partial charge in [0.2, 0.25) is 0 Å². The first kappa shape index (κ1) is 17.5. The summed E-state index contributed by atoms with van der Waals surface area (Å²) < 4.78 is 5.37. The maximum atomic E-state index is 5.37. The van der Waals surface area contributed by atoms with E-state index in [-0.39, 0.29) is 24.0 Å². The summed E-state index contributed by atoms with van der Waals surface area (Å²) in [7, 11) is 1.86. The van der Waals surface area contributed by atoms with Crippen molar-refractivity contribution < 1.29 is 4.74 Å². The van der Waals surface area contributed by atoms with Crippen molar-refractivity contribution in [3.8, 4) is 0 Å². The average molecular weight is 416 g/mol. The highest BCUT2D eigenvalue weighted by atomic mass is 127. The van der Waals surface area contributed by atoms with E-state index in [1.165, 1.54) is 11.3 Å². The molecule has 5 nitrogen and oxygen atoms in total. The summed E-state index contributed by atoms with van der Waals surface area (Å²) >= 11 is 0. The minimum atomic E-state index is 0. The Labute approximate surface area is 149 Å². The maximum Gasteiger partial charge on any atom is 0.198 e. The van der Waals surface area contributed by atoms with Gasteiger partial charge in [-0.2, -0.15) is 0 Å². The van der Waals surface area contributed by atoms with E-state index >= 15 is 0 Å². The summed E-state index contributed by atoms with van der Waals surface area (Å²) in [5.41, 5.74) is 2.70. The molecule has 0 atom stereocenters. The molecular weight excluding hydrogens is 391 g/mol. The molecule has 1 N–H and O–H groups in total. The van der Waals surface area contributed by atoms with Gasteiger partial charge >= 0.3 is 0 Å². The summed E-state index contributed by atoms with van der Waals surface area (Å²) in [5, 5.41) is 3.49. The third kappa shape index (κ3) is 4.11. The Morgan fingerprint density at radius 2 is 2.00 bits per heavy atom. The third-order valence-electron chi connectivity index (χ3n) is 4.17. The Morgan fingerprint density at radius 1 is 1.23 bits per heavy atom. The number of para-hydroxylation sites is 1. The highest BCUT2D eigenvalue weighted by Crippen LogP contribution is 2.27. The molecule has 2 aliphatic heterocycles. The van der Waals surface area contributed by atoms with Crippen LogP contribution in [-0.4, -0.2) is 63.8 Å². The number of anilines is 1. The normalized spacial score (nSPS) is 18.8. The summed E-state index contributed by atoms with van der Waals surface area (Å²) in [6.07, 6.45) is 1.10. The second kappa shape index (κ2) is 8.69. The summed E-state index contributed by atoms with van der Waals surface area (Å²) in [6.45, 7) is 6.75. The van der Waals surface area contributed by atoms with Gasteiger partial charge in [-0.1, -0.05) is 18.2 Å². The fourth-order valence-electron chi connectivity index (χ4n) is 3.00. The highest BCUT2D eigenvalue weighted by Gasteiger charge is 2.22. The van der Waals surface area contributed by atoms with Crippen LogP contribution in [0.5, 0.6) is 0 Å². The number of fused-ring (bicyclic) bond motifs is 1. The average Bonchev–Trinajstić information content (AvgIpc) is 2.97. The van der Waals surface area contributed by atoms with Crippen LogP contribution in [0.3, 0.4) is 0 Å². The molecule has 0 bridgehead atoms. The molecule has 3 rings (SSSR count). The van der Waals surface area contributed by atoms with Gasteiger partial charge in [-0.3, -0.25) is 9.89 Å². The first-order chi connectivity index (χ1) is 10.4. The van der Waals surface area contributed by atoms with Gasteiger partial charge in [-0.15, -0.1) is 24.0 Å². The molecule has 6 heteroatoms. The number of ether oxygens (including phenoxy) is 1. The van der Waals surface area contributed by atoms with Crippen molar-refractivity contribution in [2.75, 3.05) is 57.9 Å². The predicted molar refractivity (Wildman–Crippen MR) is 102 cm³/mol. The van der Waals surface area contributed by atoms with Crippen LogP contribution >= 0.6 is 24.0 Å². The fraction of sp³-hybridized carbons (Fsp3) is 0.562. The molecule has 0 aliphatic carbocycles. The summed E-state index contributed by atoms with van der Waals surface area (Å²) in [6, 6.07) is 8.59. The van der Waals surface area contributed by atoms with Crippen LogP contribution in [0.4, 0.5) is 5.69 Å². The molecule has 0 amide bonds. The number of aliphatic imine (C=N–C) groups is 1. The van der Waals surface area contributed by atoms with Crippen molar-refractivity contribution in [1.82, 2.24) is 10.2 Å². The van der Waals surface area contributed by atoms with E-state index in [0.717, 1.165) is 58.3 Å². The van der Waals surface area contributed by atoms with Crippen LogP contribution in [0.15, 0.2) is 29.3 Å². The first-order valence-corrected chi connectivity index (χ1v) is 7.74. The molecule has 0 radical (unpaired) electrons. The van der Waals surface area contributed by atoms with Gasteiger partial charge in [0.25, 0.3) is 0 Å². The smallest absolute Gasteiger partial charge is 0.198 e. The number of guanidine groups is 1. The van der Waals surface area contributed by atoms with Gasteiger partial charge in [0.1, 0.15) is 0 Å². The second-order valence-electron chi connectivity index (χ2n) is 5.46. The van der Waals surface area contributed by atoms with E-state index < -0.39 is 0 Å². The molecule has 0 saturated carbocycles. The van der Waals surface area contributed by atoms with Gasteiger partial charge in [-0.05, 0) is 18.1 Å². The number of hydrogen-bond donors (Lipinski definition) is 1. The van der Waals surface area contributed by atoms with Gasteiger partial charge in [-0.25, -0.2) is 0 Å². The van der Waals surface area contributed by atoms with Crippen LogP contribution in [0, 0.1) is 0 Å². The molecule has 1 saturated heterocycles. The number of rotatable bonds is 3. The molecule has 22 heavy (non-hydrogen) atoms. The molecule has 0 spiro atoms. The maximum absolute atomic E-state index is 5.37. The first-order valence-electron chi connectivity index (χ1n) is 7.74. The van der Waals surface area contributed by atoms with Gasteiger partial charge in [0, 0.05) is 45.5 Å². The Kier molecular flexibility index (Phi) is 6.91.